The maximum atomic E-state index is 12.2. The Kier molecular flexibility index (Phi) is 13.5. The molecule has 5 rings (SSSR count). The average Bonchev–Trinajstić information content (AvgIpc) is 3.08. The molecule has 4 aromatic rings. The Morgan fingerprint density at radius 3 is 2.04 bits per heavy atom. The van der Waals surface area contributed by atoms with E-state index in [1.165, 1.54) is 50.5 Å². The molecule has 6 heteroatoms. The van der Waals surface area contributed by atoms with Crippen LogP contribution in [0.15, 0.2) is 78.7 Å². The Balaban J connectivity index is 0.000000312. The van der Waals surface area contributed by atoms with Gasteiger partial charge in [0.25, 0.3) is 0 Å². The number of ketones is 1. The smallest absolute Gasteiger partial charge is 0.324 e. The fraction of sp³-hybridized carbons (Fsp3) is 0.395. The number of nitrogens with zero attached hydrogens (tertiary/aromatic N) is 2. The van der Waals surface area contributed by atoms with Gasteiger partial charge in [-0.1, -0.05) is 109 Å². The van der Waals surface area contributed by atoms with E-state index >= 15 is 0 Å². The number of fused-ring (bicyclic) bond motifs is 3. The molecule has 1 aliphatic rings. The van der Waals surface area contributed by atoms with Gasteiger partial charge in [-0.15, -0.1) is 34.9 Å². The molecule has 0 saturated carbocycles. The molecule has 49 heavy (non-hydrogen) atoms. The summed E-state index contributed by atoms with van der Waals surface area (Å²) in [5.41, 5.74) is 12.9. The number of allylic oxidation sites excluding steroid dienone is 2. The molecule has 0 fully saturated rings. The van der Waals surface area contributed by atoms with E-state index in [-0.39, 0.29) is 49.3 Å². The van der Waals surface area contributed by atoms with Crippen LogP contribution in [0.25, 0.3) is 22.4 Å². The molecule has 3 aromatic carbocycles. The molecule has 0 atom stereocenters. The van der Waals surface area contributed by atoms with Crippen molar-refractivity contribution in [1.29, 1.82) is 0 Å². The quantitative estimate of drug-likeness (QED) is 0.0791. The predicted octanol–water partition coefficient (Wildman–Crippen LogP) is 9.65. The first kappa shape index (κ1) is 40.0. The van der Waals surface area contributed by atoms with E-state index in [2.05, 4.69) is 106 Å². The number of benzene rings is 3. The molecular weight excluding hydrogens is 780 g/mol. The fourth-order valence-corrected chi connectivity index (χ4v) is 6.84. The number of aromatic nitrogens is 1. The number of aliphatic hydroxyl groups is 1. The number of aliphatic hydroxyl groups excluding tert-OH is 1. The second-order valence-corrected chi connectivity index (χ2v) is 14.1. The van der Waals surface area contributed by atoms with Crippen molar-refractivity contribution in [2.24, 2.45) is 10.8 Å². The van der Waals surface area contributed by atoms with Crippen LogP contribution in [-0.2, 0) is 24.9 Å². The molecule has 0 spiro atoms. The summed E-state index contributed by atoms with van der Waals surface area (Å²) in [6, 6.07) is 25.4. The molecule has 0 amide bonds. The van der Waals surface area contributed by atoms with Crippen molar-refractivity contribution in [3.8, 4) is 22.4 Å². The summed E-state index contributed by atoms with van der Waals surface area (Å²) in [7, 11) is 2.21. The summed E-state index contributed by atoms with van der Waals surface area (Å²) in [4.78, 5) is 19.4. The Morgan fingerprint density at radius 2 is 1.47 bits per heavy atom. The van der Waals surface area contributed by atoms with Crippen molar-refractivity contribution in [1.82, 2.24) is 4.98 Å². The molecule has 0 bridgehead atoms. The third kappa shape index (κ3) is 8.13. The molecular formula is C43H54BIrN2O2-. The number of aryl methyl sites for hydroxylation is 4. The van der Waals surface area contributed by atoms with E-state index in [1.807, 2.05) is 47.7 Å². The molecule has 0 unspecified atom stereocenters. The SMILES string of the molecule is CCC(C)(CC)C(=O)/C=C(\O)C(C)(CC)CC.Cc1[c-]c(-c2nccc3c2-c2ccccc2B(c2c(C)cccc2C)N3C)cc(C)c1.[Ir]. The van der Waals surface area contributed by atoms with Crippen molar-refractivity contribution >= 4 is 29.2 Å². The van der Waals surface area contributed by atoms with Gasteiger partial charge < -0.3 is 14.9 Å². The van der Waals surface area contributed by atoms with E-state index in [1.54, 1.807) is 0 Å². The summed E-state index contributed by atoms with van der Waals surface area (Å²) < 4.78 is 0. The minimum atomic E-state index is -0.337. The molecule has 1 aromatic heterocycles. The standard InChI is InChI=1S/C28H26BN2.C15H28O2.Ir/c1-18-15-19(2)17-22(16-18)28-26-23-11-6-7-12-24(23)29(31(5)25(26)13-14-30-28)27-20(3)9-8-10-21(27)4;1-7-14(5,8-2)12(16)11-13(17)15(6,9-3)10-4;/h6-16H,1-5H3;11,16H,7-10H2,1-6H3;/q-1;;/b;12-11-;. The van der Waals surface area contributed by atoms with Crippen LogP contribution in [0, 0.1) is 44.6 Å². The van der Waals surface area contributed by atoms with Gasteiger partial charge in [0.1, 0.15) is 5.76 Å². The number of anilines is 1. The summed E-state index contributed by atoms with van der Waals surface area (Å²) >= 11 is 0. The second kappa shape index (κ2) is 16.5. The van der Waals surface area contributed by atoms with Gasteiger partial charge in [-0.2, -0.15) is 0 Å². The van der Waals surface area contributed by atoms with E-state index < -0.39 is 0 Å². The first-order chi connectivity index (χ1) is 22.7. The predicted molar refractivity (Wildman–Crippen MR) is 206 cm³/mol. The number of rotatable bonds is 9. The molecule has 4 nitrogen and oxygen atoms in total. The largest absolute Gasteiger partial charge is 0.512 e. The summed E-state index contributed by atoms with van der Waals surface area (Å²) in [5, 5.41) is 10.1. The Morgan fingerprint density at radius 1 is 0.878 bits per heavy atom. The third-order valence-corrected chi connectivity index (χ3v) is 11.0. The number of hydrogen-bond acceptors (Lipinski definition) is 4. The van der Waals surface area contributed by atoms with Crippen molar-refractivity contribution < 1.29 is 30.0 Å². The summed E-state index contributed by atoms with van der Waals surface area (Å²) in [6.07, 6.45) is 6.69. The molecule has 2 heterocycles. The topological polar surface area (TPSA) is 53.4 Å². The number of carbonyl (C=O) groups excluding carboxylic acids is 1. The van der Waals surface area contributed by atoms with E-state index in [4.69, 9.17) is 4.98 Å². The minimum Gasteiger partial charge on any atom is -0.512 e. The molecule has 1 N–H and O–H groups in total. The van der Waals surface area contributed by atoms with Crippen LogP contribution in [0.5, 0.6) is 0 Å². The second-order valence-electron chi connectivity index (χ2n) is 14.1. The zero-order valence-electron chi connectivity index (χ0n) is 31.4. The van der Waals surface area contributed by atoms with Crippen molar-refractivity contribution in [3.63, 3.8) is 0 Å². The number of hydrogen-bond donors (Lipinski definition) is 1. The maximum Gasteiger partial charge on any atom is 0.324 e. The molecule has 1 aliphatic heterocycles. The zero-order valence-corrected chi connectivity index (χ0v) is 33.8. The van der Waals surface area contributed by atoms with Crippen LogP contribution in [0.1, 0.15) is 89.5 Å². The fourth-order valence-electron chi connectivity index (χ4n) is 6.84. The Labute approximate surface area is 309 Å². The molecule has 1 radical (unpaired) electrons. The third-order valence-electron chi connectivity index (χ3n) is 11.0. The summed E-state index contributed by atoms with van der Waals surface area (Å²) in [6.45, 7) is 20.9. The van der Waals surface area contributed by atoms with Crippen LogP contribution < -0.4 is 15.7 Å². The number of carbonyl (C=O) groups is 1. The zero-order chi connectivity index (χ0) is 35.4. The van der Waals surface area contributed by atoms with Gasteiger partial charge in [0, 0.05) is 48.9 Å². The van der Waals surface area contributed by atoms with Crippen LogP contribution in [0.3, 0.4) is 0 Å². The monoisotopic (exact) mass is 834 g/mol. The van der Waals surface area contributed by atoms with Crippen LogP contribution in [0.4, 0.5) is 5.69 Å². The molecule has 0 saturated heterocycles. The van der Waals surface area contributed by atoms with E-state index in [9.17, 15) is 9.90 Å². The van der Waals surface area contributed by atoms with Crippen molar-refractivity contribution in [2.45, 2.75) is 94.9 Å². The Hall–Kier alpha value is -3.47. The van der Waals surface area contributed by atoms with Crippen LogP contribution in [0.2, 0.25) is 0 Å². The number of pyridine rings is 1. The minimum absolute atomic E-state index is 0. The average molecular weight is 834 g/mol. The van der Waals surface area contributed by atoms with E-state index in [0.29, 0.717) is 0 Å². The van der Waals surface area contributed by atoms with Gasteiger partial charge in [-0.05, 0) is 80.4 Å². The van der Waals surface area contributed by atoms with E-state index in [0.717, 1.165) is 42.5 Å². The first-order valence-electron chi connectivity index (χ1n) is 17.6. The van der Waals surface area contributed by atoms with Crippen molar-refractivity contribution in [3.05, 3.63) is 107 Å². The maximum absolute atomic E-state index is 12.2. The van der Waals surface area contributed by atoms with Crippen LogP contribution in [-0.4, -0.2) is 29.8 Å². The first-order valence-corrected chi connectivity index (χ1v) is 17.6. The van der Waals surface area contributed by atoms with Crippen LogP contribution >= 0.6 is 0 Å². The Bertz CT molecular complexity index is 1770. The van der Waals surface area contributed by atoms with Gasteiger partial charge >= 0.3 is 6.85 Å². The molecule has 0 aliphatic carbocycles. The van der Waals surface area contributed by atoms with Crippen molar-refractivity contribution in [2.75, 3.05) is 11.9 Å². The van der Waals surface area contributed by atoms with Gasteiger partial charge in [0.2, 0.25) is 0 Å². The summed E-state index contributed by atoms with van der Waals surface area (Å²) in [5.74, 6) is 0.286. The van der Waals surface area contributed by atoms with Gasteiger partial charge in [0.05, 0.1) is 0 Å². The normalized spacial score (nSPS) is 12.8. The van der Waals surface area contributed by atoms with Gasteiger partial charge in [0.15, 0.2) is 5.78 Å². The molecule has 261 valence electrons. The van der Waals surface area contributed by atoms with Gasteiger partial charge in [-0.25, -0.2) is 0 Å². The van der Waals surface area contributed by atoms with Gasteiger partial charge in [-0.3, -0.25) is 4.79 Å².